The summed E-state index contributed by atoms with van der Waals surface area (Å²) >= 11 is 0. The lowest BCUT2D eigenvalue weighted by atomic mass is 10.1. The maximum atomic E-state index is 13.3. The van der Waals surface area contributed by atoms with Gasteiger partial charge in [0.2, 0.25) is 0 Å². The van der Waals surface area contributed by atoms with Crippen LogP contribution in [0.15, 0.2) is 36.5 Å². The normalized spacial score (nSPS) is 10.3. The average molecular weight is 230 g/mol. The van der Waals surface area contributed by atoms with Crippen LogP contribution in [0.2, 0.25) is 0 Å². The Hall–Kier alpha value is -1.90. The molecule has 1 aromatic heterocycles. The highest BCUT2D eigenvalue weighted by atomic mass is 19.1. The van der Waals surface area contributed by atoms with Crippen molar-refractivity contribution >= 4 is 5.69 Å². The molecule has 0 atom stereocenters. The molecule has 0 amide bonds. The summed E-state index contributed by atoms with van der Waals surface area (Å²) in [7, 11) is 0. The lowest BCUT2D eigenvalue weighted by Gasteiger charge is -2.10. The van der Waals surface area contributed by atoms with E-state index in [1.165, 1.54) is 6.07 Å². The zero-order valence-corrected chi connectivity index (χ0v) is 10.00. The van der Waals surface area contributed by atoms with Gasteiger partial charge in [-0.25, -0.2) is 4.39 Å². The highest BCUT2D eigenvalue weighted by Crippen LogP contribution is 2.18. The van der Waals surface area contributed by atoms with E-state index in [2.05, 4.69) is 10.3 Å². The maximum absolute atomic E-state index is 13.3. The largest absolute Gasteiger partial charge is 0.379 e. The molecule has 3 heteroatoms. The number of anilines is 1. The minimum atomic E-state index is -0.187. The molecular formula is C14H15FN2. The van der Waals surface area contributed by atoms with Crippen LogP contribution in [0.1, 0.15) is 16.8 Å². The molecule has 0 bridgehead atoms. The lowest BCUT2D eigenvalue weighted by molar-refractivity contribution is 0.619. The SMILES string of the molecule is Cc1cccnc1CNc1cccc(F)c1C. The van der Waals surface area contributed by atoms with Gasteiger partial charge in [0, 0.05) is 17.4 Å². The number of nitrogens with one attached hydrogen (secondary N) is 1. The van der Waals surface area contributed by atoms with Crippen LogP contribution in [0.3, 0.4) is 0 Å². The molecule has 0 aliphatic heterocycles. The number of rotatable bonds is 3. The highest BCUT2D eigenvalue weighted by Gasteiger charge is 2.04. The Balaban J connectivity index is 2.13. The Morgan fingerprint density at radius 3 is 2.76 bits per heavy atom. The molecular weight excluding hydrogens is 215 g/mol. The van der Waals surface area contributed by atoms with Gasteiger partial charge in [-0.1, -0.05) is 12.1 Å². The molecule has 2 nitrogen and oxygen atoms in total. The third-order valence-corrected chi connectivity index (χ3v) is 2.83. The number of aryl methyl sites for hydroxylation is 1. The Kier molecular flexibility index (Phi) is 3.38. The fraction of sp³-hybridized carbons (Fsp3) is 0.214. The minimum absolute atomic E-state index is 0.187. The molecule has 0 aliphatic rings. The smallest absolute Gasteiger partial charge is 0.128 e. The third kappa shape index (κ3) is 2.61. The highest BCUT2D eigenvalue weighted by molar-refractivity contribution is 5.51. The van der Waals surface area contributed by atoms with Crippen molar-refractivity contribution in [1.82, 2.24) is 4.98 Å². The van der Waals surface area contributed by atoms with Crippen LogP contribution in [-0.4, -0.2) is 4.98 Å². The first-order chi connectivity index (χ1) is 8.18. The van der Waals surface area contributed by atoms with E-state index in [0.717, 1.165) is 16.9 Å². The van der Waals surface area contributed by atoms with Crippen molar-refractivity contribution in [2.24, 2.45) is 0 Å². The van der Waals surface area contributed by atoms with Gasteiger partial charge in [-0.05, 0) is 37.6 Å². The van der Waals surface area contributed by atoms with E-state index in [-0.39, 0.29) is 5.82 Å². The molecule has 0 spiro atoms. The van der Waals surface area contributed by atoms with Gasteiger partial charge >= 0.3 is 0 Å². The molecule has 0 radical (unpaired) electrons. The second-order valence-corrected chi connectivity index (χ2v) is 4.03. The molecule has 1 aromatic carbocycles. The molecule has 0 fully saturated rings. The van der Waals surface area contributed by atoms with Crippen LogP contribution in [0.5, 0.6) is 0 Å². The molecule has 88 valence electrons. The van der Waals surface area contributed by atoms with E-state index in [9.17, 15) is 4.39 Å². The zero-order chi connectivity index (χ0) is 12.3. The van der Waals surface area contributed by atoms with Gasteiger partial charge in [0.25, 0.3) is 0 Å². The fourth-order valence-corrected chi connectivity index (χ4v) is 1.68. The van der Waals surface area contributed by atoms with Crippen LogP contribution in [0.25, 0.3) is 0 Å². The van der Waals surface area contributed by atoms with Crippen molar-refractivity contribution in [3.8, 4) is 0 Å². The monoisotopic (exact) mass is 230 g/mol. The molecule has 2 rings (SSSR count). The summed E-state index contributed by atoms with van der Waals surface area (Å²) < 4.78 is 13.3. The molecule has 0 aliphatic carbocycles. The van der Waals surface area contributed by atoms with Gasteiger partial charge in [-0.2, -0.15) is 0 Å². The quantitative estimate of drug-likeness (QED) is 0.873. The van der Waals surface area contributed by atoms with Crippen molar-refractivity contribution in [3.63, 3.8) is 0 Å². The van der Waals surface area contributed by atoms with Gasteiger partial charge in [0.15, 0.2) is 0 Å². The maximum Gasteiger partial charge on any atom is 0.128 e. The zero-order valence-electron chi connectivity index (χ0n) is 10.00. The standard InChI is InChI=1S/C14H15FN2/c1-10-5-4-8-16-14(10)9-17-13-7-3-6-12(15)11(13)2/h3-8,17H,9H2,1-2H3. The number of nitrogens with zero attached hydrogens (tertiary/aromatic N) is 1. The number of aromatic nitrogens is 1. The van der Waals surface area contributed by atoms with Crippen LogP contribution >= 0.6 is 0 Å². The summed E-state index contributed by atoms with van der Waals surface area (Å²) in [5.41, 5.74) is 3.57. The lowest BCUT2D eigenvalue weighted by Crippen LogP contribution is -2.05. The number of hydrogen-bond donors (Lipinski definition) is 1. The second-order valence-electron chi connectivity index (χ2n) is 4.03. The first-order valence-corrected chi connectivity index (χ1v) is 5.58. The predicted molar refractivity (Wildman–Crippen MR) is 67.4 cm³/mol. The summed E-state index contributed by atoms with van der Waals surface area (Å²) in [5, 5.41) is 3.21. The predicted octanol–water partition coefficient (Wildman–Crippen LogP) is 3.45. The topological polar surface area (TPSA) is 24.9 Å². The van der Waals surface area contributed by atoms with Crippen molar-refractivity contribution in [3.05, 3.63) is 59.2 Å². The third-order valence-electron chi connectivity index (χ3n) is 2.83. The van der Waals surface area contributed by atoms with Crippen LogP contribution in [-0.2, 0) is 6.54 Å². The van der Waals surface area contributed by atoms with Crippen LogP contribution in [0.4, 0.5) is 10.1 Å². The first-order valence-electron chi connectivity index (χ1n) is 5.58. The van der Waals surface area contributed by atoms with Crippen molar-refractivity contribution < 1.29 is 4.39 Å². The van der Waals surface area contributed by atoms with E-state index >= 15 is 0 Å². The number of benzene rings is 1. The molecule has 0 saturated heterocycles. The van der Waals surface area contributed by atoms with E-state index in [0.29, 0.717) is 12.1 Å². The fourth-order valence-electron chi connectivity index (χ4n) is 1.68. The van der Waals surface area contributed by atoms with Crippen LogP contribution < -0.4 is 5.32 Å². The molecule has 0 saturated carbocycles. The number of hydrogen-bond acceptors (Lipinski definition) is 2. The summed E-state index contributed by atoms with van der Waals surface area (Å²) in [5.74, 6) is -0.187. The van der Waals surface area contributed by atoms with E-state index in [1.807, 2.05) is 25.1 Å². The molecule has 1 N–H and O–H groups in total. The number of halogens is 1. The molecule has 1 heterocycles. The summed E-state index contributed by atoms with van der Waals surface area (Å²) in [6.07, 6.45) is 1.77. The minimum Gasteiger partial charge on any atom is -0.379 e. The Bertz CT molecular complexity index is 523. The van der Waals surface area contributed by atoms with E-state index in [4.69, 9.17) is 0 Å². The second kappa shape index (κ2) is 4.95. The van der Waals surface area contributed by atoms with Crippen molar-refractivity contribution in [2.45, 2.75) is 20.4 Å². The summed E-state index contributed by atoms with van der Waals surface area (Å²) in [4.78, 5) is 4.29. The van der Waals surface area contributed by atoms with Crippen LogP contribution in [0, 0.1) is 19.7 Å². The van der Waals surface area contributed by atoms with Crippen molar-refractivity contribution in [2.75, 3.05) is 5.32 Å². The van der Waals surface area contributed by atoms with Gasteiger partial charge in [0.1, 0.15) is 5.82 Å². The van der Waals surface area contributed by atoms with Gasteiger partial charge in [-0.3, -0.25) is 4.98 Å². The average Bonchev–Trinajstić information content (AvgIpc) is 2.33. The Morgan fingerprint density at radius 2 is 2.00 bits per heavy atom. The first kappa shape index (κ1) is 11.6. The molecule has 0 unspecified atom stereocenters. The number of pyridine rings is 1. The van der Waals surface area contributed by atoms with Gasteiger partial charge in [-0.15, -0.1) is 0 Å². The summed E-state index contributed by atoms with van der Waals surface area (Å²) in [6.45, 7) is 4.39. The Morgan fingerprint density at radius 1 is 1.18 bits per heavy atom. The Labute approximate surface area is 101 Å². The van der Waals surface area contributed by atoms with E-state index < -0.39 is 0 Å². The van der Waals surface area contributed by atoms with Gasteiger partial charge in [0.05, 0.1) is 12.2 Å². The van der Waals surface area contributed by atoms with Gasteiger partial charge < -0.3 is 5.32 Å². The van der Waals surface area contributed by atoms with E-state index in [1.54, 1.807) is 19.2 Å². The summed E-state index contributed by atoms with van der Waals surface area (Å²) in [6, 6.07) is 8.97. The molecule has 2 aromatic rings. The van der Waals surface area contributed by atoms with Crippen molar-refractivity contribution in [1.29, 1.82) is 0 Å². The molecule has 17 heavy (non-hydrogen) atoms.